The van der Waals surface area contributed by atoms with Gasteiger partial charge < -0.3 is 5.32 Å². The third-order valence-corrected chi connectivity index (χ3v) is 6.56. The molecular weight excluding hydrogens is 466 g/mol. The molecule has 3 aromatic carbocycles. The van der Waals surface area contributed by atoms with Crippen molar-refractivity contribution >= 4 is 40.5 Å². The number of carbonyl (C=O) groups excluding carboxylic acids is 1. The summed E-state index contributed by atoms with van der Waals surface area (Å²) in [6.45, 7) is 0.369. The molecule has 0 aliphatic carbocycles. The average molecular weight is 486 g/mol. The number of hydrogen-bond donors (Lipinski definition) is 1. The molecule has 0 aliphatic rings. The summed E-state index contributed by atoms with van der Waals surface area (Å²) >= 11 is 7.37. The number of hydrogen-bond acceptors (Lipinski definition) is 4. The van der Waals surface area contributed by atoms with Gasteiger partial charge in [-0.3, -0.25) is 14.2 Å². The zero-order valence-electron chi connectivity index (χ0n) is 18.1. The summed E-state index contributed by atoms with van der Waals surface area (Å²) in [5, 5.41) is 13.2. The van der Waals surface area contributed by atoms with Crippen LogP contribution in [0.5, 0.6) is 0 Å². The molecule has 1 heterocycles. The zero-order valence-corrected chi connectivity index (χ0v) is 19.6. The molecule has 0 aliphatic heterocycles. The van der Waals surface area contributed by atoms with Gasteiger partial charge in [-0.05, 0) is 41.8 Å². The number of aromatic nitrogens is 1. The fourth-order valence-electron chi connectivity index (χ4n) is 3.44. The van der Waals surface area contributed by atoms with Crippen molar-refractivity contribution in [3.05, 3.63) is 121 Å². The highest BCUT2D eigenvalue weighted by molar-refractivity contribution is 7.07. The Morgan fingerprint density at radius 1 is 1.00 bits per heavy atom. The number of thiazole rings is 1. The lowest BCUT2D eigenvalue weighted by Crippen LogP contribution is -2.34. The monoisotopic (exact) mass is 485 g/mol. The van der Waals surface area contributed by atoms with Crippen LogP contribution < -0.4 is 20.1 Å². The van der Waals surface area contributed by atoms with Gasteiger partial charge in [-0.25, -0.2) is 0 Å². The Morgan fingerprint density at radius 3 is 2.32 bits per heavy atom. The normalized spacial score (nSPS) is 12.2. The summed E-state index contributed by atoms with van der Waals surface area (Å²) in [7, 11) is 0. The molecule has 5 nitrogen and oxygen atoms in total. The van der Waals surface area contributed by atoms with Gasteiger partial charge in [0.1, 0.15) is 10.7 Å². The first kappa shape index (κ1) is 23.2. The van der Waals surface area contributed by atoms with E-state index in [1.54, 1.807) is 42.5 Å². The smallest absolute Gasteiger partial charge is 0.273 e. The van der Waals surface area contributed by atoms with E-state index in [-0.39, 0.29) is 15.8 Å². The van der Waals surface area contributed by atoms with Gasteiger partial charge in [-0.15, -0.1) is 11.3 Å². The Bertz CT molecular complexity index is 1530. The topological polar surface area (TPSA) is 74.9 Å². The van der Waals surface area contributed by atoms with Gasteiger partial charge in [0.05, 0.1) is 10.2 Å². The largest absolute Gasteiger partial charge is 0.351 e. The summed E-state index contributed by atoms with van der Waals surface area (Å²) in [4.78, 5) is 26.4. The van der Waals surface area contributed by atoms with E-state index in [2.05, 4.69) is 5.32 Å². The molecule has 34 heavy (non-hydrogen) atoms. The molecule has 0 radical (unpaired) electrons. The summed E-state index contributed by atoms with van der Waals surface area (Å²) in [6, 6.07) is 27.9. The Hall–Kier alpha value is -3.92. The van der Waals surface area contributed by atoms with E-state index >= 15 is 0 Å². The quantitative estimate of drug-likeness (QED) is 0.454. The maximum Gasteiger partial charge on any atom is 0.273 e. The Kier molecular flexibility index (Phi) is 7.38. The number of carbonyl (C=O) groups is 1. The van der Waals surface area contributed by atoms with Crippen LogP contribution in [-0.2, 0) is 11.2 Å². The fraction of sp³-hybridized carbons (Fsp3) is 0.0741. The molecule has 1 N–H and O–H groups in total. The second kappa shape index (κ2) is 10.8. The van der Waals surface area contributed by atoms with E-state index in [9.17, 15) is 14.9 Å². The van der Waals surface area contributed by atoms with Crippen LogP contribution in [0, 0.1) is 11.3 Å². The lowest BCUT2D eigenvalue weighted by Gasteiger charge is -2.06. The SMILES string of the molecule is N#CC(C(=O)NCCc1ccccc1)=c1sc(=Cc2ccccc2Cl)c(=O)n1-c1ccccc1. The van der Waals surface area contributed by atoms with Crippen molar-refractivity contribution in [3.63, 3.8) is 0 Å². The molecule has 0 unspecified atom stereocenters. The van der Waals surface area contributed by atoms with Gasteiger partial charge in [0.15, 0.2) is 5.57 Å². The minimum absolute atomic E-state index is 0.113. The Balaban J connectivity index is 1.81. The van der Waals surface area contributed by atoms with E-state index in [1.165, 1.54) is 4.57 Å². The lowest BCUT2D eigenvalue weighted by molar-refractivity contribution is -0.115. The van der Waals surface area contributed by atoms with Crippen LogP contribution in [0.4, 0.5) is 0 Å². The third-order valence-electron chi connectivity index (χ3n) is 5.12. The van der Waals surface area contributed by atoms with Crippen LogP contribution in [0.2, 0.25) is 5.02 Å². The van der Waals surface area contributed by atoms with Crippen molar-refractivity contribution in [3.8, 4) is 11.8 Å². The molecule has 1 amide bonds. The van der Waals surface area contributed by atoms with Crippen molar-refractivity contribution < 1.29 is 4.79 Å². The second-order valence-corrected chi connectivity index (χ2v) is 8.83. The van der Waals surface area contributed by atoms with Gasteiger partial charge in [0.25, 0.3) is 11.5 Å². The number of rotatable bonds is 6. The minimum Gasteiger partial charge on any atom is -0.351 e. The molecule has 0 spiro atoms. The van der Waals surface area contributed by atoms with E-state index in [0.717, 1.165) is 16.9 Å². The van der Waals surface area contributed by atoms with E-state index in [1.807, 2.05) is 54.6 Å². The van der Waals surface area contributed by atoms with Gasteiger partial charge in [0, 0.05) is 11.6 Å². The van der Waals surface area contributed by atoms with Gasteiger partial charge in [-0.2, -0.15) is 5.26 Å². The van der Waals surface area contributed by atoms with Crippen molar-refractivity contribution in [2.24, 2.45) is 0 Å². The number of para-hydroxylation sites is 1. The van der Waals surface area contributed by atoms with Crippen molar-refractivity contribution in [2.75, 3.05) is 6.54 Å². The number of amides is 1. The highest BCUT2D eigenvalue weighted by atomic mass is 35.5. The van der Waals surface area contributed by atoms with Crippen molar-refractivity contribution in [2.45, 2.75) is 6.42 Å². The summed E-state index contributed by atoms with van der Waals surface area (Å²) in [5.41, 5.74) is 1.89. The molecule has 0 bridgehead atoms. The Labute approximate surface area is 205 Å². The molecule has 7 heteroatoms. The first-order valence-electron chi connectivity index (χ1n) is 10.6. The zero-order chi connectivity index (χ0) is 23.9. The molecular formula is C27H20ClN3O2S. The lowest BCUT2D eigenvalue weighted by atomic mass is 10.1. The van der Waals surface area contributed by atoms with Crippen molar-refractivity contribution in [1.29, 1.82) is 5.26 Å². The summed E-state index contributed by atoms with van der Waals surface area (Å²) in [5.74, 6) is -0.520. The maximum atomic E-state index is 13.4. The number of benzene rings is 3. The molecule has 0 saturated heterocycles. The summed E-state index contributed by atoms with van der Waals surface area (Å²) in [6.07, 6.45) is 2.31. The van der Waals surface area contributed by atoms with Gasteiger partial charge >= 0.3 is 0 Å². The Morgan fingerprint density at radius 2 is 1.65 bits per heavy atom. The van der Waals surface area contributed by atoms with Crippen LogP contribution in [0.3, 0.4) is 0 Å². The second-order valence-electron chi connectivity index (χ2n) is 7.39. The van der Waals surface area contributed by atoms with Crippen LogP contribution in [0.1, 0.15) is 11.1 Å². The predicted molar refractivity (Wildman–Crippen MR) is 136 cm³/mol. The number of nitrogens with one attached hydrogen (secondary N) is 1. The fourth-order valence-corrected chi connectivity index (χ4v) is 4.73. The predicted octanol–water partition coefficient (Wildman–Crippen LogP) is 3.41. The molecule has 4 rings (SSSR count). The van der Waals surface area contributed by atoms with Crippen LogP contribution in [-0.4, -0.2) is 17.0 Å². The highest BCUT2D eigenvalue weighted by Crippen LogP contribution is 2.15. The van der Waals surface area contributed by atoms with Crippen LogP contribution >= 0.6 is 22.9 Å². The van der Waals surface area contributed by atoms with Gasteiger partial charge in [-0.1, -0.05) is 78.3 Å². The third kappa shape index (κ3) is 5.18. The minimum atomic E-state index is -0.520. The van der Waals surface area contributed by atoms with Gasteiger partial charge in [0.2, 0.25) is 0 Å². The standard InChI is InChI=1S/C27H20ClN3O2S/c28-23-14-8-7-11-20(23)17-24-26(33)31(21-12-5-2-6-13-21)27(34-24)22(18-29)25(32)30-16-15-19-9-3-1-4-10-19/h1-14,17H,15-16H2,(H,30,32). The van der Waals surface area contributed by atoms with Crippen LogP contribution in [0.15, 0.2) is 89.7 Å². The molecule has 1 aromatic heterocycles. The first-order valence-corrected chi connectivity index (χ1v) is 11.8. The van der Waals surface area contributed by atoms with Crippen LogP contribution in [0.25, 0.3) is 17.3 Å². The molecule has 0 atom stereocenters. The number of halogens is 1. The van der Waals surface area contributed by atoms with E-state index in [0.29, 0.717) is 33.8 Å². The van der Waals surface area contributed by atoms with E-state index in [4.69, 9.17) is 11.6 Å². The average Bonchev–Trinajstić information content (AvgIpc) is 3.17. The molecule has 168 valence electrons. The molecule has 0 fully saturated rings. The highest BCUT2D eigenvalue weighted by Gasteiger charge is 2.17. The molecule has 4 aromatic rings. The molecule has 0 saturated carbocycles. The first-order chi connectivity index (χ1) is 16.6. The number of nitrogens with zero attached hydrogens (tertiary/aromatic N) is 2. The summed E-state index contributed by atoms with van der Waals surface area (Å²) < 4.78 is 2.05. The van der Waals surface area contributed by atoms with E-state index < -0.39 is 5.91 Å². The maximum absolute atomic E-state index is 13.4. The van der Waals surface area contributed by atoms with Crippen molar-refractivity contribution in [1.82, 2.24) is 9.88 Å². The number of nitriles is 1.